The lowest BCUT2D eigenvalue weighted by Gasteiger charge is -2.11. The zero-order valence-corrected chi connectivity index (χ0v) is 14.1. The van der Waals surface area contributed by atoms with Gasteiger partial charge in [0.05, 0.1) is 5.69 Å². The molecule has 0 amide bonds. The summed E-state index contributed by atoms with van der Waals surface area (Å²) in [5.74, 6) is 2.04. The molecule has 0 saturated heterocycles. The molecular weight excluding hydrogens is 356 g/mol. The minimum Gasteiger partial charge on any atom is -0.374 e. The van der Waals surface area contributed by atoms with Crippen LogP contribution in [0.25, 0.3) is 0 Å². The minimum atomic E-state index is 0.377. The molecule has 0 saturated carbocycles. The number of nitrogens with zero attached hydrogens (tertiary/aromatic N) is 2. The van der Waals surface area contributed by atoms with Gasteiger partial charge < -0.3 is 15.4 Å². The van der Waals surface area contributed by atoms with Crippen LogP contribution in [0.2, 0.25) is 5.02 Å². The molecule has 0 bridgehead atoms. The van der Waals surface area contributed by atoms with Crippen LogP contribution in [-0.4, -0.2) is 23.6 Å². The summed E-state index contributed by atoms with van der Waals surface area (Å²) in [6.07, 6.45) is 0. The van der Waals surface area contributed by atoms with Gasteiger partial charge in [-0.3, -0.25) is 0 Å². The first-order valence-corrected chi connectivity index (χ1v) is 7.65. The molecule has 0 aliphatic heterocycles. The number of benzene rings is 1. The number of nitrogens with one attached hydrogen (secondary N) is 2. The van der Waals surface area contributed by atoms with Crippen molar-refractivity contribution < 1.29 is 4.74 Å². The fourth-order valence-electron chi connectivity index (χ4n) is 1.68. The average molecular weight is 372 g/mol. The lowest BCUT2D eigenvalue weighted by atomic mass is 10.3. The maximum Gasteiger partial charge on any atom is 0.158 e. The van der Waals surface area contributed by atoms with Crippen LogP contribution in [-0.2, 0) is 11.3 Å². The van der Waals surface area contributed by atoms with E-state index in [1.54, 1.807) is 0 Å². The number of anilines is 3. The SMILES string of the molecule is CCOCc1nc(NC)cc(Nc2ccc(Cl)cc2Br)n1. The first-order valence-electron chi connectivity index (χ1n) is 6.48. The fourth-order valence-corrected chi connectivity index (χ4v) is 2.46. The molecule has 0 unspecified atom stereocenters. The van der Waals surface area contributed by atoms with Gasteiger partial charge in [-0.2, -0.15) is 0 Å². The molecule has 7 heteroatoms. The van der Waals surface area contributed by atoms with E-state index in [-0.39, 0.29) is 0 Å². The Morgan fingerprint density at radius 2 is 2.00 bits per heavy atom. The van der Waals surface area contributed by atoms with Crippen molar-refractivity contribution in [3.63, 3.8) is 0 Å². The van der Waals surface area contributed by atoms with E-state index >= 15 is 0 Å². The van der Waals surface area contributed by atoms with Gasteiger partial charge in [0, 0.05) is 29.2 Å². The molecule has 112 valence electrons. The minimum absolute atomic E-state index is 0.377. The van der Waals surface area contributed by atoms with Crippen LogP contribution in [0.1, 0.15) is 12.7 Å². The predicted octanol–water partition coefficient (Wildman–Crippen LogP) is 4.21. The van der Waals surface area contributed by atoms with Crippen molar-refractivity contribution in [2.24, 2.45) is 0 Å². The second-order valence-corrected chi connectivity index (χ2v) is 5.48. The van der Waals surface area contributed by atoms with Gasteiger partial charge in [0.15, 0.2) is 5.82 Å². The van der Waals surface area contributed by atoms with Crippen LogP contribution in [0, 0.1) is 0 Å². The molecule has 0 atom stereocenters. The van der Waals surface area contributed by atoms with E-state index in [4.69, 9.17) is 16.3 Å². The quantitative estimate of drug-likeness (QED) is 0.796. The second-order valence-electron chi connectivity index (χ2n) is 4.19. The Hall–Kier alpha value is -1.37. The Balaban J connectivity index is 2.25. The van der Waals surface area contributed by atoms with Gasteiger partial charge in [-0.15, -0.1) is 0 Å². The van der Waals surface area contributed by atoms with Crippen LogP contribution in [0.3, 0.4) is 0 Å². The van der Waals surface area contributed by atoms with Crippen molar-refractivity contribution in [3.05, 3.63) is 39.6 Å². The van der Waals surface area contributed by atoms with Crippen molar-refractivity contribution in [1.82, 2.24) is 9.97 Å². The van der Waals surface area contributed by atoms with E-state index in [0.29, 0.717) is 29.9 Å². The molecule has 0 spiro atoms. The maximum atomic E-state index is 5.94. The molecule has 1 aromatic carbocycles. The Bertz CT molecular complexity index is 624. The number of hydrogen-bond acceptors (Lipinski definition) is 5. The van der Waals surface area contributed by atoms with E-state index in [9.17, 15) is 0 Å². The summed E-state index contributed by atoms with van der Waals surface area (Å²) in [5, 5.41) is 6.92. The normalized spacial score (nSPS) is 10.5. The number of rotatable bonds is 6. The summed E-state index contributed by atoms with van der Waals surface area (Å²) in [6, 6.07) is 7.35. The second kappa shape index (κ2) is 7.59. The first kappa shape index (κ1) is 16.0. The summed E-state index contributed by atoms with van der Waals surface area (Å²) in [4.78, 5) is 8.78. The van der Waals surface area contributed by atoms with Gasteiger partial charge in [0.25, 0.3) is 0 Å². The highest BCUT2D eigenvalue weighted by atomic mass is 79.9. The highest BCUT2D eigenvalue weighted by Gasteiger charge is 2.07. The summed E-state index contributed by atoms with van der Waals surface area (Å²) in [6.45, 7) is 2.94. The van der Waals surface area contributed by atoms with Crippen LogP contribution in [0.5, 0.6) is 0 Å². The molecule has 2 rings (SSSR count). The zero-order chi connectivity index (χ0) is 15.2. The number of hydrogen-bond donors (Lipinski definition) is 2. The topological polar surface area (TPSA) is 59.1 Å². The zero-order valence-electron chi connectivity index (χ0n) is 11.8. The van der Waals surface area contributed by atoms with Crippen molar-refractivity contribution in [3.8, 4) is 0 Å². The van der Waals surface area contributed by atoms with Crippen LogP contribution in [0.15, 0.2) is 28.7 Å². The molecule has 2 N–H and O–H groups in total. The monoisotopic (exact) mass is 370 g/mol. The standard InChI is InChI=1S/C14H16BrClN4O/c1-3-21-8-14-19-12(17-2)7-13(20-14)18-11-5-4-9(16)6-10(11)15/h4-7H,3,8H2,1-2H3,(H2,17,18,19,20). The maximum absolute atomic E-state index is 5.94. The molecule has 0 aliphatic rings. The van der Waals surface area contributed by atoms with Gasteiger partial charge in [0.2, 0.25) is 0 Å². The molecule has 0 radical (unpaired) electrons. The Kier molecular flexibility index (Phi) is 5.78. The van der Waals surface area contributed by atoms with Gasteiger partial charge in [-0.25, -0.2) is 9.97 Å². The molecule has 1 heterocycles. The predicted molar refractivity (Wildman–Crippen MR) is 89.3 cm³/mol. The van der Waals surface area contributed by atoms with Crippen molar-refractivity contribution in [2.45, 2.75) is 13.5 Å². The van der Waals surface area contributed by atoms with Gasteiger partial charge >= 0.3 is 0 Å². The van der Waals surface area contributed by atoms with Crippen molar-refractivity contribution in [2.75, 3.05) is 24.3 Å². The van der Waals surface area contributed by atoms with Crippen LogP contribution >= 0.6 is 27.5 Å². The lowest BCUT2D eigenvalue weighted by molar-refractivity contribution is 0.128. The van der Waals surface area contributed by atoms with E-state index in [1.807, 2.05) is 38.2 Å². The molecular formula is C14H16BrClN4O. The molecule has 2 aromatic rings. The van der Waals surface area contributed by atoms with Crippen molar-refractivity contribution in [1.29, 1.82) is 0 Å². The molecule has 1 aromatic heterocycles. The van der Waals surface area contributed by atoms with E-state index in [2.05, 4.69) is 36.5 Å². The Morgan fingerprint density at radius 1 is 1.24 bits per heavy atom. The van der Waals surface area contributed by atoms with Crippen LogP contribution in [0.4, 0.5) is 17.3 Å². The molecule has 0 aliphatic carbocycles. The highest BCUT2D eigenvalue weighted by Crippen LogP contribution is 2.28. The fraction of sp³-hybridized carbons (Fsp3) is 0.286. The summed E-state index contributed by atoms with van der Waals surface area (Å²) >= 11 is 9.41. The van der Waals surface area contributed by atoms with Crippen LogP contribution < -0.4 is 10.6 Å². The summed E-state index contributed by atoms with van der Waals surface area (Å²) < 4.78 is 6.22. The van der Waals surface area contributed by atoms with E-state index in [0.717, 1.165) is 16.0 Å². The first-order chi connectivity index (χ1) is 10.1. The molecule has 21 heavy (non-hydrogen) atoms. The van der Waals surface area contributed by atoms with Gasteiger partial charge in [0.1, 0.15) is 18.2 Å². The molecule has 5 nitrogen and oxygen atoms in total. The van der Waals surface area contributed by atoms with Gasteiger partial charge in [-0.1, -0.05) is 11.6 Å². The van der Waals surface area contributed by atoms with Gasteiger partial charge in [-0.05, 0) is 41.1 Å². The largest absolute Gasteiger partial charge is 0.374 e. The Morgan fingerprint density at radius 3 is 2.67 bits per heavy atom. The third-order valence-corrected chi connectivity index (χ3v) is 3.55. The smallest absolute Gasteiger partial charge is 0.158 e. The van der Waals surface area contributed by atoms with E-state index in [1.165, 1.54) is 0 Å². The lowest BCUT2D eigenvalue weighted by Crippen LogP contribution is -2.05. The summed E-state index contributed by atoms with van der Waals surface area (Å²) in [5.41, 5.74) is 0.877. The Labute approximate surface area is 137 Å². The number of ether oxygens (including phenoxy) is 1. The molecule has 0 fully saturated rings. The number of halogens is 2. The highest BCUT2D eigenvalue weighted by molar-refractivity contribution is 9.10. The third-order valence-electron chi connectivity index (χ3n) is 2.66. The summed E-state index contributed by atoms with van der Waals surface area (Å²) in [7, 11) is 1.81. The number of aromatic nitrogens is 2. The van der Waals surface area contributed by atoms with Crippen molar-refractivity contribution >= 4 is 44.9 Å². The van der Waals surface area contributed by atoms with E-state index < -0.39 is 0 Å². The third kappa shape index (κ3) is 4.56. The average Bonchev–Trinajstić information content (AvgIpc) is 2.48.